The lowest BCUT2D eigenvalue weighted by Gasteiger charge is -2.33. The minimum Gasteiger partial charge on any atom is -0.304 e. The molecular formula is C26H29N5O. The Balaban J connectivity index is 1.45. The molecule has 0 atom stereocenters. The number of hydrogen-bond acceptors (Lipinski definition) is 4. The average Bonchev–Trinajstić information content (AvgIpc) is 3.21. The lowest BCUT2D eigenvalue weighted by atomic mass is 9.88. The van der Waals surface area contributed by atoms with Crippen molar-refractivity contribution in [3.05, 3.63) is 83.3 Å². The van der Waals surface area contributed by atoms with Crippen LogP contribution in [0, 0.1) is 19.8 Å². The zero-order valence-electron chi connectivity index (χ0n) is 19.0. The number of carbonyl (C=O) groups excluding carboxylic acids is 1. The standard InChI is InChI=1S/C26H29N5O/c1-4-29-12-10-20(11-13-29)22-8-9-23-7-5-6-21(14-26(32)30(23)17-22)24-15-25-19(3)27-18(2)16-31(25)28-24/h5-9,14-17,20H,4,10-13H2,1-3H3/b6-5+,21-14+,23-7?. The molecule has 2 aromatic rings. The van der Waals surface area contributed by atoms with Gasteiger partial charge in [0.05, 0.1) is 28.8 Å². The highest BCUT2D eigenvalue weighted by atomic mass is 16.2. The molecule has 3 aliphatic rings. The zero-order valence-corrected chi connectivity index (χ0v) is 19.0. The number of piperidine rings is 1. The van der Waals surface area contributed by atoms with Crippen LogP contribution >= 0.6 is 0 Å². The van der Waals surface area contributed by atoms with Gasteiger partial charge in [-0.3, -0.25) is 14.7 Å². The van der Waals surface area contributed by atoms with Crippen molar-refractivity contribution in [3.8, 4) is 0 Å². The van der Waals surface area contributed by atoms with E-state index in [0.29, 0.717) is 5.92 Å². The first-order valence-corrected chi connectivity index (χ1v) is 11.4. The number of hydrogen-bond donors (Lipinski definition) is 0. The van der Waals surface area contributed by atoms with Crippen LogP contribution in [0.25, 0.3) is 11.1 Å². The van der Waals surface area contributed by atoms with Crippen LogP contribution in [0.15, 0.2) is 66.2 Å². The van der Waals surface area contributed by atoms with Gasteiger partial charge in [-0.1, -0.05) is 25.2 Å². The molecule has 0 N–H and O–H groups in total. The quantitative estimate of drug-likeness (QED) is 0.737. The summed E-state index contributed by atoms with van der Waals surface area (Å²) in [5, 5.41) is 4.70. The second kappa shape index (κ2) is 8.36. The summed E-state index contributed by atoms with van der Waals surface area (Å²) in [5.74, 6) is 0.455. The summed E-state index contributed by atoms with van der Waals surface area (Å²) in [6.07, 6.45) is 18.1. The van der Waals surface area contributed by atoms with Crippen molar-refractivity contribution in [2.24, 2.45) is 5.92 Å². The van der Waals surface area contributed by atoms with Gasteiger partial charge in [0.15, 0.2) is 0 Å². The summed E-state index contributed by atoms with van der Waals surface area (Å²) < 4.78 is 1.84. The van der Waals surface area contributed by atoms with Crippen LogP contribution in [-0.2, 0) is 4.79 Å². The van der Waals surface area contributed by atoms with E-state index in [-0.39, 0.29) is 5.91 Å². The van der Waals surface area contributed by atoms with E-state index in [0.717, 1.165) is 66.3 Å². The second-order valence-electron chi connectivity index (χ2n) is 8.76. The summed E-state index contributed by atoms with van der Waals surface area (Å²) in [5.41, 5.74) is 6.50. The minimum absolute atomic E-state index is 0.0495. The van der Waals surface area contributed by atoms with Gasteiger partial charge in [0.25, 0.3) is 5.91 Å². The van der Waals surface area contributed by atoms with Crippen molar-refractivity contribution in [1.82, 2.24) is 24.4 Å². The van der Waals surface area contributed by atoms with E-state index in [1.807, 2.05) is 55.1 Å². The summed E-state index contributed by atoms with van der Waals surface area (Å²) in [6, 6.07) is 2.00. The molecule has 164 valence electrons. The molecular weight excluding hydrogens is 398 g/mol. The highest BCUT2D eigenvalue weighted by molar-refractivity contribution is 5.99. The summed E-state index contributed by atoms with van der Waals surface area (Å²) >= 11 is 0. The van der Waals surface area contributed by atoms with Crippen molar-refractivity contribution in [2.75, 3.05) is 19.6 Å². The first-order chi connectivity index (χ1) is 15.5. The van der Waals surface area contributed by atoms with Gasteiger partial charge in [0.1, 0.15) is 0 Å². The number of rotatable bonds is 3. The van der Waals surface area contributed by atoms with E-state index in [1.54, 1.807) is 11.0 Å². The van der Waals surface area contributed by atoms with Crippen LogP contribution in [0.2, 0.25) is 0 Å². The SMILES string of the molecule is CCN1CCC(C2=CN3C(=O)/C=C(c4cc5c(C)nc(C)cn5n4)\C=C\C=C3C=C2)CC1. The van der Waals surface area contributed by atoms with Crippen molar-refractivity contribution >= 4 is 17.0 Å². The molecule has 0 unspecified atom stereocenters. The fraction of sp³-hybridized carbons (Fsp3) is 0.346. The fourth-order valence-corrected chi connectivity index (χ4v) is 4.77. The van der Waals surface area contributed by atoms with E-state index in [4.69, 9.17) is 5.10 Å². The first-order valence-electron chi connectivity index (χ1n) is 11.4. The number of aryl methyl sites for hydroxylation is 2. The number of likely N-dealkylation sites (tertiary alicyclic amines) is 1. The molecule has 6 heteroatoms. The molecule has 2 aromatic heterocycles. The van der Waals surface area contributed by atoms with E-state index in [9.17, 15) is 4.79 Å². The Labute approximate surface area is 188 Å². The van der Waals surface area contributed by atoms with Crippen molar-refractivity contribution in [3.63, 3.8) is 0 Å². The van der Waals surface area contributed by atoms with E-state index >= 15 is 0 Å². The molecule has 1 amide bonds. The molecule has 0 radical (unpaired) electrons. The van der Waals surface area contributed by atoms with Gasteiger partial charge in [0, 0.05) is 23.5 Å². The van der Waals surface area contributed by atoms with Gasteiger partial charge in [0.2, 0.25) is 0 Å². The molecule has 5 rings (SSSR count). The molecule has 0 aliphatic carbocycles. The normalized spacial score (nSPS) is 22.7. The summed E-state index contributed by atoms with van der Waals surface area (Å²) in [7, 11) is 0. The fourth-order valence-electron chi connectivity index (χ4n) is 4.77. The van der Waals surface area contributed by atoms with Gasteiger partial charge < -0.3 is 4.90 Å². The molecule has 6 nitrogen and oxygen atoms in total. The van der Waals surface area contributed by atoms with Crippen molar-refractivity contribution < 1.29 is 4.79 Å². The molecule has 0 spiro atoms. The monoisotopic (exact) mass is 427 g/mol. The molecule has 0 bridgehead atoms. The van der Waals surface area contributed by atoms with Crippen LogP contribution in [-0.4, -0.2) is 49.9 Å². The Morgan fingerprint density at radius 2 is 1.94 bits per heavy atom. The number of aromatic nitrogens is 3. The second-order valence-corrected chi connectivity index (χ2v) is 8.76. The van der Waals surface area contributed by atoms with Crippen molar-refractivity contribution in [1.29, 1.82) is 0 Å². The maximum Gasteiger partial charge on any atom is 0.255 e. The Bertz CT molecular complexity index is 1220. The van der Waals surface area contributed by atoms with Crippen molar-refractivity contribution in [2.45, 2.75) is 33.6 Å². The Morgan fingerprint density at radius 3 is 2.72 bits per heavy atom. The smallest absolute Gasteiger partial charge is 0.255 e. The van der Waals surface area contributed by atoms with E-state index in [1.165, 1.54) is 5.57 Å². The first kappa shape index (κ1) is 20.6. The maximum absolute atomic E-state index is 13.3. The van der Waals surface area contributed by atoms with Crippen LogP contribution < -0.4 is 0 Å². The molecule has 0 saturated carbocycles. The predicted octanol–water partition coefficient (Wildman–Crippen LogP) is 4.20. The highest BCUT2D eigenvalue weighted by Crippen LogP contribution is 2.31. The third kappa shape index (κ3) is 3.86. The average molecular weight is 428 g/mol. The Kier molecular flexibility index (Phi) is 5.39. The molecule has 3 aliphatic heterocycles. The molecule has 0 aromatic carbocycles. The molecule has 1 saturated heterocycles. The lowest BCUT2D eigenvalue weighted by molar-refractivity contribution is -0.122. The molecule has 5 heterocycles. The maximum atomic E-state index is 13.3. The summed E-state index contributed by atoms with van der Waals surface area (Å²) in [6.45, 7) is 9.51. The molecule has 1 fully saturated rings. The third-order valence-corrected chi connectivity index (χ3v) is 6.62. The zero-order chi connectivity index (χ0) is 22.2. The van der Waals surface area contributed by atoms with Gasteiger partial charge >= 0.3 is 0 Å². The third-order valence-electron chi connectivity index (χ3n) is 6.62. The van der Waals surface area contributed by atoms with Crippen LogP contribution in [0.3, 0.4) is 0 Å². The number of fused-ring (bicyclic) bond motifs is 2. The molecule has 32 heavy (non-hydrogen) atoms. The Hall–Kier alpha value is -3.25. The van der Waals surface area contributed by atoms with Crippen LogP contribution in [0.5, 0.6) is 0 Å². The number of amides is 1. The minimum atomic E-state index is -0.0495. The predicted molar refractivity (Wildman–Crippen MR) is 127 cm³/mol. The van der Waals surface area contributed by atoms with Gasteiger partial charge in [-0.25, -0.2) is 4.52 Å². The van der Waals surface area contributed by atoms with E-state index < -0.39 is 0 Å². The number of allylic oxidation sites excluding steroid dienone is 7. The lowest BCUT2D eigenvalue weighted by Crippen LogP contribution is -2.35. The Morgan fingerprint density at radius 1 is 1.12 bits per heavy atom. The van der Waals surface area contributed by atoms with Crippen LogP contribution in [0.1, 0.15) is 36.8 Å². The van der Waals surface area contributed by atoms with Gasteiger partial charge in [-0.2, -0.15) is 5.10 Å². The topological polar surface area (TPSA) is 53.7 Å². The number of nitrogens with zero attached hydrogens (tertiary/aromatic N) is 5. The summed E-state index contributed by atoms with van der Waals surface area (Å²) in [4.78, 5) is 22.1. The number of carbonyl (C=O) groups is 1. The highest BCUT2D eigenvalue weighted by Gasteiger charge is 2.25. The van der Waals surface area contributed by atoms with Gasteiger partial charge in [-0.05, 0) is 76.0 Å². The van der Waals surface area contributed by atoms with E-state index in [2.05, 4.69) is 29.0 Å². The largest absolute Gasteiger partial charge is 0.304 e. The van der Waals surface area contributed by atoms with Crippen LogP contribution in [0.4, 0.5) is 0 Å². The van der Waals surface area contributed by atoms with Gasteiger partial charge in [-0.15, -0.1) is 0 Å².